The zero-order valence-electron chi connectivity index (χ0n) is 10.5. The number of carbonyl (C=O) groups is 3. The highest BCUT2D eigenvalue weighted by Gasteiger charge is 2.33. The lowest BCUT2D eigenvalue weighted by molar-refractivity contribution is -0.268. The van der Waals surface area contributed by atoms with Gasteiger partial charge in [-0.3, -0.25) is 9.59 Å². The van der Waals surface area contributed by atoms with Crippen molar-refractivity contribution in [3.8, 4) is 5.75 Å². The first kappa shape index (κ1) is 12.9. The second kappa shape index (κ2) is 4.17. The second-order valence-corrected chi connectivity index (χ2v) is 4.59. The van der Waals surface area contributed by atoms with Crippen LogP contribution in [-0.4, -0.2) is 22.6 Å². The molecular formula is C15H8NO5-. The Kier molecular flexibility index (Phi) is 2.56. The van der Waals surface area contributed by atoms with Crippen molar-refractivity contribution in [3.05, 3.63) is 58.1 Å². The summed E-state index contributed by atoms with van der Waals surface area (Å²) in [6, 6.07) is 6.81. The van der Waals surface area contributed by atoms with E-state index in [2.05, 4.69) is 0 Å². The topological polar surface area (TPSA) is 121 Å². The van der Waals surface area contributed by atoms with Crippen LogP contribution in [-0.2, 0) is 0 Å². The van der Waals surface area contributed by atoms with Crippen LogP contribution in [0.1, 0.15) is 42.2 Å². The highest BCUT2D eigenvalue weighted by atomic mass is 16.4. The number of nitrogens with two attached hydrogens (primary N) is 1. The lowest BCUT2D eigenvalue weighted by Crippen LogP contribution is -2.25. The average Bonchev–Trinajstić information content (AvgIpc) is 2.46. The fourth-order valence-corrected chi connectivity index (χ4v) is 2.46. The summed E-state index contributed by atoms with van der Waals surface area (Å²) < 4.78 is 0. The molecule has 6 nitrogen and oxygen atoms in total. The van der Waals surface area contributed by atoms with E-state index in [0.29, 0.717) is 0 Å². The molecule has 0 aliphatic heterocycles. The van der Waals surface area contributed by atoms with Crippen molar-refractivity contribution >= 4 is 23.2 Å². The number of carbonyl (C=O) groups excluding carboxylic acids is 2. The molecule has 2 aromatic carbocycles. The van der Waals surface area contributed by atoms with Gasteiger partial charge >= 0.3 is 5.97 Å². The van der Waals surface area contributed by atoms with E-state index in [1.54, 1.807) is 12.1 Å². The van der Waals surface area contributed by atoms with Gasteiger partial charge in [0.1, 0.15) is 0 Å². The SMILES string of the molecule is Nc1c(C(=O)O)cc([O-])c2c1C(=O)c1ccccc1C2=O. The molecule has 0 saturated carbocycles. The number of anilines is 1. The second-order valence-electron chi connectivity index (χ2n) is 4.59. The molecule has 0 amide bonds. The van der Waals surface area contributed by atoms with Crippen LogP contribution >= 0.6 is 0 Å². The molecule has 0 fully saturated rings. The molecule has 1 aliphatic carbocycles. The van der Waals surface area contributed by atoms with Crippen LogP contribution in [0.3, 0.4) is 0 Å². The maximum absolute atomic E-state index is 12.4. The Balaban J connectivity index is 2.41. The van der Waals surface area contributed by atoms with E-state index in [-0.39, 0.29) is 27.9 Å². The number of hydrogen-bond acceptors (Lipinski definition) is 5. The van der Waals surface area contributed by atoms with Crippen molar-refractivity contribution < 1.29 is 24.6 Å². The van der Waals surface area contributed by atoms with E-state index in [9.17, 15) is 19.5 Å². The normalized spacial score (nSPS) is 12.8. The summed E-state index contributed by atoms with van der Waals surface area (Å²) in [5.41, 5.74) is 4.42. The Bertz CT molecular complexity index is 838. The molecule has 0 unspecified atom stereocenters. The lowest BCUT2D eigenvalue weighted by Gasteiger charge is -2.24. The largest absolute Gasteiger partial charge is 0.872 e. The van der Waals surface area contributed by atoms with Crippen LogP contribution in [0, 0.1) is 0 Å². The standard InChI is InChI=1S/C15H9NO5/c16-12-8(15(20)21)5-9(17)10-11(12)14(19)7-4-2-1-3-6(7)13(10)18/h1-5,17H,16H2,(H,20,21)/p-1. The fourth-order valence-electron chi connectivity index (χ4n) is 2.46. The fraction of sp³-hybridized carbons (Fsp3) is 0. The number of carboxylic acids is 1. The molecule has 3 N–H and O–H groups in total. The van der Waals surface area contributed by atoms with Crippen molar-refractivity contribution in [1.82, 2.24) is 0 Å². The van der Waals surface area contributed by atoms with Crippen molar-refractivity contribution in [2.45, 2.75) is 0 Å². The summed E-state index contributed by atoms with van der Waals surface area (Å²) in [5, 5.41) is 21.0. The zero-order valence-corrected chi connectivity index (χ0v) is 10.5. The first-order valence-corrected chi connectivity index (χ1v) is 5.98. The molecule has 2 aromatic rings. The third-order valence-electron chi connectivity index (χ3n) is 3.43. The van der Waals surface area contributed by atoms with Crippen molar-refractivity contribution in [2.24, 2.45) is 0 Å². The van der Waals surface area contributed by atoms with Gasteiger partial charge in [0.15, 0.2) is 11.6 Å². The molecule has 21 heavy (non-hydrogen) atoms. The minimum absolute atomic E-state index is 0.114. The first-order valence-electron chi connectivity index (χ1n) is 5.98. The molecule has 0 aromatic heterocycles. The van der Waals surface area contributed by atoms with Gasteiger partial charge in [0.05, 0.1) is 16.8 Å². The highest BCUT2D eigenvalue weighted by molar-refractivity contribution is 6.31. The highest BCUT2D eigenvalue weighted by Crippen LogP contribution is 2.36. The van der Waals surface area contributed by atoms with Gasteiger partial charge in [-0.1, -0.05) is 36.1 Å². The molecular weight excluding hydrogens is 274 g/mol. The van der Waals surface area contributed by atoms with Gasteiger partial charge < -0.3 is 15.9 Å². The predicted octanol–water partition coefficient (Wildman–Crippen LogP) is 0.816. The minimum atomic E-state index is -1.42. The summed E-state index contributed by atoms with van der Waals surface area (Å²) in [6.45, 7) is 0. The van der Waals surface area contributed by atoms with Gasteiger partial charge in [-0.2, -0.15) is 0 Å². The molecule has 0 atom stereocenters. The van der Waals surface area contributed by atoms with Gasteiger partial charge in [-0.15, -0.1) is 0 Å². The number of fused-ring (bicyclic) bond motifs is 2. The number of rotatable bonds is 1. The summed E-state index contributed by atoms with van der Waals surface area (Å²) >= 11 is 0. The van der Waals surface area contributed by atoms with Gasteiger partial charge in [-0.05, 0) is 0 Å². The van der Waals surface area contributed by atoms with Crippen molar-refractivity contribution in [2.75, 3.05) is 5.73 Å². The molecule has 0 heterocycles. The number of benzene rings is 2. The smallest absolute Gasteiger partial charge is 0.337 e. The molecule has 1 aliphatic rings. The van der Waals surface area contributed by atoms with E-state index in [1.165, 1.54) is 12.1 Å². The third-order valence-corrected chi connectivity index (χ3v) is 3.43. The Morgan fingerprint density at radius 2 is 1.57 bits per heavy atom. The van der Waals surface area contributed by atoms with Crippen LogP contribution in [0.2, 0.25) is 0 Å². The lowest BCUT2D eigenvalue weighted by atomic mass is 9.81. The number of aromatic carboxylic acids is 1. The number of ketones is 2. The molecule has 6 heteroatoms. The van der Waals surface area contributed by atoms with E-state index < -0.39 is 28.8 Å². The molecule has 0 bridgehead atoms. The predicted molar refractivity (Wildman–Crippen MR) is 70.6 cm³/mol. The minimum Gasteiger partial charge on any atom is -0.872 e. The summed E-state index contributed by atoms with van der Waals surface area (Å²) in [5.74, 6) is -3.47. The molecule has 0 saturated heterocycles. The summed E-state index contributed by atoms with van der Waals surface area (Å²) in [7, 11) is 0. The molecule has 0 spiro atoms. The number of hydrogen-bond donors (Lipinski definition) is 2. The van der Waals surface area contributed by atoms with Crippen LogP contribution in [0.5, 0.6) is 5.75 Å². The Morgan fingerprint density at radius 1 is 1.05 bits per heavy atom. The Hall–Kier alpha value is -3.15. The number of carboxylic acid groups (broad SMARTS) is 1. The third kappa shape index (κ3) is 1.62. The quantitative estimate of drug-likeness (QED) is 0.637. The maximum Gasteiger partial charge on any atom is 0.337 e. The first-order chi connectivity index (χ1) is 9.93. The van der Waals surface area contributed by atoms with Gasteiger partial charge in [0, 0.05) is 16.7 Å². The van der Waals surface area contributed by atoms with Crippen molar-refractivity contribution in [1.29, 1.82) is 0 Å². The molecule has 0 radical (unpaired) electrons. The van der Waals surface area contributed by atoms with Gasteiger partial charge in [0.2, 0.25) is 0 Å². The van der Waals surface area contributed by atoms with E-state index in [4.69, 9.17) is 10.8 Å². The monoisotopic (exact) mass is 282 g/mol. The zero-order chi connectivity index (χ0) is 15.3. The molecule has 104 valence electrons. The van der Waals surface area contributed by atoms with Crippen LogP contribution in [0.25, 0.3) is 0 Å². The van der Waals surface area contributed by atoms with Crippen molar-refractivity contribution in [3.63, 3.8) is 0 Å². The summed E-state index contributed by atoms with van der Waals surface area (Å²) in [6.07, 6.45) is 0. The van der Waals surface area contributed by atoms with Gasteiger partial charge in [-0.25, -0.2) is 4.79 Å². The van der Waals surface area contributed by atoms with Crippen LogP contribution in [0.15, 0.2) is 30.3 Å². The molecule has 3 rings (SSSR count). The van der Waals surface area contributed by atoms with E-state index in [1.807, 2.05) is 0 Å². The van der Waals surface area contributed by atoms with E-state index >= 15 is 0 Å². The van der Waals surface area contributed by atoms with Crippen LogP contribution < -0.4 is 10.8 Å². The summed E-state index contributed by atoms with van der Waals surface area (Å²) in [4.78, 5) is 35.9. The number of nitrogen functional groups attached to an aromatic ring is 1. The van der Waals surface area contributed by atoms with E-state index in [0.717, 1.165) is 6.07 Å². The Labute approximate surface area is 118 Å². The van der Waals surface area contributed by atoms with Crippen LogP contribution in [0.4, 0.5) is 5.69 Å². The Morgan fingerprint density at radius 3 is 2.10 bits per heavy atom. The van der Waals surface area contributed by atoms with Gasteiger partial charge in [0.25, 0.3) is 0 Å². The maximum atomic E-state index is 12.4. The average molecular weight is 282 g/mol.